The molecule has 0 saturated carbocycles. The Morgan fingerprint density at radius 1 is 1.23 bits per heavy atom. The Morgan fingerprint density at radius 2 is 2.03 bits per heavy atom. The van der Waals surface area contributed by atoms with Gasteiger partial charge in [0.25, 0.3) is 0 Å². The van der Waals surface area contributed by atoms with Crippen molar-refractivity contribution < 1.29 is 19.1 Å². The molecule has 1 saturated heterocycles. The maximum atomic E-state index is 11.6. The molecule has 0 unspecified atom stereocenters. The summed E-state index contributed by atoms with van der Waals surface area (Å²) in [7, 11) is 1.63. The van der Waals surface area contributed by atoms with Crippen LogP contribution in [0.25, 0.3) is 0 Å². The first kappa shape index (κ1) is 25.8. The maximum absolute atomic E-state index is 11.6. The van der Waals surface area contributed by atoms with E-state index < -0.39 is 0 Å². The molecule has 1 aliphatic heterocycles. The number of ether oxygens (including phenoxy) is 2. The van der Waals surface area contributed by atoms with E-state index in [2.05, 4.69) is 20.9 Å². The van der Waals surface area contributed by atoms with Gasteiger partial charge in [-0.05, 0) is 44.4 Å². The van der Waals surface area contributed by atoms with Crippen molar-refractivity contribution in [2.45, 2.75) is 26.7 Å². The van der Waals surface area contributed by atoms with Gasteiger partial charge in [0.2, 0.25) is 5.91 Å². The van der Waals surface area contributed by atoms with Crippen molar-refractivity contribution in [1.82, 2.24) is 20.9 Å². The molecule has 1 aliphatic rings. The van der Waals surface area contributed by atoms with Gasteiger partial charge in [-0.25, -0.2) is 4.79 Å². The number of amides is 3. The third kappa shape index (κ3) is 7.88. The second kappa shape index (κ2) is 13.9. The standard InChI is InChI=1S/C20H31N5O4.HI/c1-4-21-19(23-11-12-25-18(26)14-24-20(25)27)22-10-6-7-15-8-9-16(28-3)17(13-15)29-5-2;/h8-9,13H,4-7,10-12,14H2,1-3H3,(H,24,27)(H2,21,22,23);1H. The number of guanidine groups is 1. The Morgan fingerprint density at radius 3 is 2.67 bits per heavy atom. The fourth-order valence-electron chi connectivity index (χ4n) is 2.93. The third-order valence-electron chi connectivity index (χ3n) is 4.33. The minimum absolute atomic E-state index is 0. The number of carbonyl (C=O) groups excluding carboxylic acids is 2. The fraction of sp³-hybridized carbons (Fsp3) is 0.550. The number of hydrogen-bond donors (Lipinski definition) is 3. The third-order valence-corrected chi connectivity index (χ3v) is 4.33. The average Bonchev–Trinajstić information content (AvgIpc) is 3.03. The summed E-state index contributed by atoms with van der Waals surface area (Å²) >= 11 is 0. The summed E-state index contributed by atoms with van der Waals surface area (Å²) in [5.74, 6) is 1.96. The molecule has 1 fully saturated rings. The highest BCUT2D eigenvalue weighted by molar-refractivity contribution is 14.0. The van der Waals surface area contributed by atoms with E-state index in [-0.39, 0.29) is 42.5 Å². The van der Waals surface area contributed by atoms with Gasteiger partial charge in [0, 0.05) is 26.2 Å². The van der Waals surface area contributed by atoms with Crippen molar-refractivity contribution >= 4 is 41.9 Å². The van der Waals surface area contributed by atoms with E-state index in [4.69, 9.17) is 9.47 Å². The largest absolute Gasteiger partial charge is 0.493 e. The van der Waals surface area contributed by atoms with E-state index in [1.54, 1.807) is 7.11 Å². The molecule has 1 aromatic rings. The van der Waals surface area contributed by atoms with E-state index in [1.165, 1.54) is 10.5 Å². The Labute approximate surface area is 195 Å². The van der Waals surface area contributed by atoms with Crippen LogP contribution in [0.3, 0.4) is 0 Å². The number of carbonyl (C=O) groups is 2. The molecule has 0 radical (unpaired) electrons. The van der Waals surface area contributed by atoms with Gasteiger partial charge in [-0.1, -0.05) is 6.07 Å². The molecule has 1 aromatic carbocycles. The van der Waals surface area contributed by atoms with Crippen molar-refractivity contribution in [3.63, 3.8) is 0 Å². The van der Waals surface area contributed by atoms with Crippen LogP contribution >= 0.6 is 24.0 Å². The molecule has 30 heavy (non-hydrogen) atoms. The number of aryl methyl sites for hydroxylation is 1. The normalized spacial score (nSPS) is 13.6. The van der Waals surface area contributed by atoms with E-state index in [0.29, 0.717) is 32.2 Å². The summed E-state index contributed by atoms with van der Waals surface area (Å²) in [4.78, 5) is 28.9. The van der Waals surface area contributed by atoms with Gasteiger partial charge in [0.1, 0.15) is 0 Å². The van der Waals surface area contributed by atoms with Crippen molar-refractivity contribution in [2.75, 3.05) is 46.4 Å². The first-order valence-electron chi connectivity index (χ1n) is 9.99. The van der Waals surface area contributed by atoms with E-state index in [1.807, 2.05) is 32.0 Å². The molecule has 3 amide bonds. The molecule has 0 atom stereocenters. The highest BCUT2D eigenvalue weighted by Crippen LogP contribution is 2.28. The van der Waals surface area contributed by atoms with Crippen LogP contribution in [0, 0.1) is 0 Å². The fourth-order valence-corrected chi connectivity index (χ4v) is 2.93. The summed E-state index contributed by atoms with van der Waals surface area (Å²) in [5.41, 5.74) is 1.17. The Hall–Kier alpha value is -2.24. The smallest absolute Gasteiger partial charge is 0.324 e. The van der Waals surface area contributed by atoms with Gasteiger partial charge in [-0.15, -0.1) is 24.0 Å². The van der Waals surface area contributed by atoms with Gasteiger partial charge >= 0.3 is 6.03 Å². The molecule has 3 N–H and O–H groups in total. The monoisotopic (exact) mass is 533 g/mol. The van der Waals surface area contributed by atoms with Gasteiger partial charge in [-0.3, -0.25) is 14.7 Å². The molecule has 0 spiro atoms. The van der Waals surface area contributed by atoms with Crippen molar-refractivity contribution in [1.29, 1.82) is 0 Å². The number of imide groups is 1. The lowest BCUT2D eigenvalue weighted by Crippen LogP contribution is -2.43. The van der Waals surface area contributed by atoms with Crippen molar-refractivity contribution in [3.8, 4) is 11.5 Å². The van der Waals surface area contributed by atoms with Gasteiger partial charge in [0.05, 0.1) is 20.3 Å². The molecule has 1 heterocycles. The molecule has 2 rings (SSSR count). The van der Waals surface area contributed by atoms with Crippen LogP contribution in [0.15, 0.2) is 23.2 Å². The van der Waals surface area contributed by atoms with Crippen LogP contribution in [0.1, 0.15) is 25.8 Å². The zero-order valence-electron chi connectivity index (χ0n) is 17.8. The van der Waals surface area contributed by atoms with Gasteiger partial charge in [-0.2, -0.15) is 0 Å². The van der Waals surface area contributed by atoms with Crippen molar-refractivity contribution in [3.05, 3.63) is 23.8 Å². The number of benzene rings is 1. The number of halogens is 1. The van der Waals surface area contributed by atoms with Gasteiger partial charge < -0.3 is 25.4 Å². The molecule has 0 aromatic heterocycles. The Balaban J connectivity index is 0.00000450. The predicted molar refractivity (Wildman–Crippen MR) is 127 cm³/mol. The number of methoxy groups -OCH3 is 1. The summed E-state index contributed by atoms with van der Waals surface area (Å²) in [6.07, 6.45) is 1.75. The van der Waals surface area contributed by atoms with E-state index >= 15 is 0 Å². The highest BCUT2D eigenvalue weighted by atomic mass is 127. The van der Waals surface area contributed by atoms with Crippen LogP contribution in [0.2, 0.25) is 0 Å². The minimum Gasteiger partial charge on any atom is -0.493 e. The SMILES string of the molecule is CCNC(=NCCCc1ccc(OC)c(OCC)c1)NCCN1C(=O)CNC1=O.I. The van der Waals surface area contributed by atoms with E-state index in [9.17, 15) is 9.59 Å². The summed E-state index contributed by atoms with van der Waals surface area (Å²) in [6, 6.07) is 5.62. The lowest BCUT2D eigenvalue weighted by Gasteiger charge is -2.15. The Bertz CT molecular complexity index is 713. The number of urea groups is 1. The molecule has 0 bridgehead atoms. The summed E-state index contributed by atoms with van der Waals surface area (Å²) < 4.78 is 10.9. The minimum atomic E-state index is -0.343. The quantitative estimate of drug-likeness (QED) is 0.132. The zero-order valence-corrected chi connectivity index (χ0v) is 20.2. The number of nitrogens with zero attached hydrogens (tertiary/aromatic N) is 2. The van der Waals surface area contributed by atoms with Crippen LogP contribution < -0.4 is 25.4 Å². The van der Waals surface area contributed by atoms with Crippen LogP contribution in [0.5, 0.6) is 11.5 Å². The lowest BCUT2D eigenvalue weighted by atomic mass is 10.1. The van der Waals surface area contributed by atoms with Crippen LogP contribution in [-0.2, 0) is 11.2 Å². The van der Waals surface area contributed by atoms with Crippen LogP contribution in [-0.4, -0.2) is 69.2 Å². The van der Waals surface area contributed by atoms with Crippen molar-refractivity contribution in [2.24, 2.45) is 4.99 Å². The molecule has 9 nitrogen and oxygen atoms in total. The molecule has 168 valence electrons. The predicted octanol–water partition coefficient (Wildman–Crippen LogP) is 1.75. The first-order chi connectivity index (χ1) is 14.1. The number of aliphatic imine (C=N–C) groups is 1. The average molecular weight is 533 g/mol. The zero-order chi connectivity index (χ0) is 21.1. The lowest BCUT2D eigenvalue weighted by molar-refractivity contribution is -0.124. The topological polar surface area (TPSA) is 104 Å². The second-order valence-electron chi connectivity index (χ2n) is 6.41. The Kier molecular flexibility index (Phi) is 11.9. The molecule has 10 heteroatoms. The number of rotatable bonds is 11. The maximum Gasteiger partial charge on any atom is 0.324 e. The number of nitrogens with one attached hydrogen (secondary N) is 3. The summed E-state index contributed by atoms with van der Waals surface area (Å²) in [6.45, 7) is 6.72. The van der Waals surface area contributed by atoms with Crippen LogP contribution in [0.4, 0.5) is 4.79 Å². The highest BCUT2D eigenvalue weighted by Gasteiger charge is 2.27. The second-order valence-corrected chi connectivity index (χ2v) is 6.41. The molecular formula is C20H32IN5O4. The molecular weight excluding hydrogens is 501 g/mol. The first-order valence-corrected chi connectivity index (χ1v) is 9.99. The van der Waals surface area contributed by atoms with E-state index in [0.717, 1.165) is 30.9 Å². The number of hydrogen-bond acceptors (Lipinski definition) is 5. The summed E-state index contributed by atoms with van der Waals surface area (Å²) in [5, 5.41) is 8.83. The van der Waals surface area contributed by atoms with Gasteiger partial charge in [0.15, 0.2) is 17.5 Å². The molecule has 0 aliphatic carbocycles.